The first kappa shape index (κ1) is 19.9. The number of benzene rings is 1. The van der Waals surface area contributed by atoms with Crippen molar-refractivity contribution in [3.05, 3.63) is 42.0 Å². The highest BCUT2D eigenvalue weighted by Crippen LogP contribution is 2.27. The maximum Gasteiger partial charge on any atom is 0.234 e. The quantitative estimate of drug-likeness (QED) is 0.727. The van der Waals surface area contributed by atoms with Crippen LogP contribution >= 0.6 is 0 Å². The van der Waals surface area contributed by atoms with Crippen LogP contribution in [0.15, 0.2) is 30.3 Å². The number of piperidine rings is 1. The summed E-state index contributed by atoms with van der Waals surface area (Å²) in [5.41, 5.74) is 0. The number of likely N-dealkylation sites (tertiary alicyclic amines) is 1. The summed E-state index contributed by atoms with van der Waals surface area (Å²) in [6, 6.07) is 9.67. The lowest BCUT2D eigenvalue weighted by molar-refractivity contribution is -0.122. The molecule has 2 aliphatic heterocycles. The Labute approximate surface area is 172 Å². The van der Waals surface area contributed by atoms with Gasteiger partial charge in [-0.05, 0) is 44.4 Å². The average Bonchev–Trinajstić information content (AvgIpc) is 3.00. The summed E-state index contributed by atoms with van der Waals surface area (Å²) >= 11 is 0. The Morgan fingerprint density at radius 3 is 2.90 bits per heavy atom. The van der Waals surface area contributed by atoms with Crippen molar-refractivity contribution in [2.24, 2.45) is 0 Å². The molecular formula is C22H31N5O2. The van der Waals surface area contributed by atoms with E-state index in [1.165, 1.54) is 19.3 Å². The number of amides is 1. The summed E-state index contributed by atoms with van der Waals surface area (Å²) in [5.74, 6) is 3.53. The molecule has 0 spiro atoms. The van der Waals surface area contributed by atoms with Gasteiger partial charge in [-0.25, -0.2) is 0 Å². The number of nitrogens with one attached hydrogen (secondary N) is 1. The van der Waals surface area contributed by atoms with Gasteiger partial charge in [0, 0.05) is 25.4 Å². The summed E-state index contributed by atoms with van der Waals surface area (Å²) in [5, 5.41) is 12.0. The van der Waals surface area contributed by atoms with Crippen LogP contribution in [-0.2, 0) is 17.8 Å². The SMILES string of the molecule is O=C(CN1CCCC(c2nnc3n2CCCCC3)C1)NCCOc1ccccc1. The van der Waals surface area contributed by atoms with Gasteiger partial charge in [-0.1, -0.05) is 24.6 Å². The first-order valence-corrected chi connectivity index (χ1v) is 10.9. The Morgan fingerprint density at radius 2 is 2.00 bits per heavy atom. The fourth-order valence-corrected chi connectivity index (χ4v) is 4.35. The van der Waals surface area contributed by atoms with Crippen LogP contribution in [0.1, 0.15) is 49.7 Å². The molecule has 1 N–H and O–H groups in total. The van der Waals surface area contributed by atoms with Crippen LogP contribution in [0.2, 0.25) is 0 Å². The first-order valence-electron chi connectivity index (χ1n) is 10.9. The molecule has 1 atom stereocenters. The van der Waals surface area contributed by atoms with Gasteiger partial charge < -0.3 is 14.6 Å². The minimum atomic E-state index is 0.0578. The minimum Gasteiger partial charge on any atom is -0.492 e. The predicted octanol–water partition coefficient (Wildman–Crippen LogP) is 2.38. The number of para-hydroxylation sites is 1. The molecule has 1 saturated heterocycles. The molecule has 0 aliphatic carbocycles. The van der Waals surface area contributed by atoms with E-state index < -0.39 is 0 Å². The Bertz CT molecular complexity index is 792. The zero-order chi connectivity index (χ0) is 19.9. The Hall–Kier alpha value is -2.41. The fraction of sp³-hybridized carbons (Fsp3) is 0.591. The molecule has 3 heterocycles. The van der Waals surface area contributed by atoms with Gasteiger partial charge in [0.25, 0.3) is 0 Å². The Kier molecular flexibility index (Phi) is 6.77. The highest BCUT2D eigenvalue weighted by molar-refractivity contribution is 5.78. The van der Waals surface area contributed by atoms with Crippen molar-refractivity contribution in [1.29, 1.82) is 0 Å². The molecule has 156 valence electrons. The predicted molar refractivity (Wildman–Crippen MR) is 111 cm³/mol. The molecule has 1 amide bonds. The van der Waals surface area contributed by atoms with Gasteiger partial charge in [0.15, 0.2) is 0 Å². The smallest absolute Gasteiger partial charge is 0.234 e. The normalized spacial score (nSPS) is 19.9. The molecule has 2 aliphatic rings. The van der Waals surface area contributed by atoms with Crippen molar-refractivity contribution in [1.82, 2.24) is 25.0 Å². The maximum atomic E-state index is 12.4. The monoisotopic (exact) mass is 397 g/mol. The third-order valence-corrected chi connectivity index (χ3v) is 5.81. The Balaban J connectivity index is 1.23. The van der Waals surface area contributed by atoms with Crippen molar-refractivity contribution < 1.29 is 9.53 Å². The molecule has 1 aromatic carbocycles. The topological polar surface area (TPSA) is 72.3 Å². The molecule has 1 fully saturated rings. The van der Waals surface area contributed by atoms with Crippen LogP contribution in [-0.4, -0.2) is 58.4 Å². The number of nitrogens with zero attached hydrogens (tertiary/aromatic N) is 4. The molecule has 7 heteroatoms. The van der Waals surface area contributed by atoms with Crippen molar-refractivity contribution in [3.8, 4) is 5.75 Å². The van der Waals surface area contributed by atoms with Crippen LogP contribution < -0.4 is 10.1 Å². The number of aryl methyl sites for hydroxylation is 1. The van der Waals surface area contributed by atoms with Crippen LogP contribution in [0.25, 0.3) is 0 Å². The standard InChI is InChI=1S/C22H31N5O2/c28-21(23-12-15-29-19-9-3-1-4-10-19)17-26-13-7-8-18(16-26)22-25-24-20-11-5-2-6-14-27(20)22/h1,3-4,9-10,18H,2,5-8,11-17H2,(H,23,28). The molecule has 2 aromatic rings. The number of fused-ring (bicyclic) bond motifs is 1. The largest absolute Gasteiger partial charge is 0.492 e. The molecule has 0 bridgehead atoms. The van der Waals surface area contributed by atoms with Gasteiger partial charge in [0.1, 0.15) is 24.0 Å². The number of carbonyl (C=O) groups excluding carboxylic acids is 1. The average molecular weight is 398 g/mol. The third kappa shape index (κ3) is 5.35. The second kappa shape index (κ2) is 9.87. The third-order valence-electron chi connectivity index (χ3n) is 5.81. The van der Waals surface area contributed by atoms with E-state index in [0.717, 1.165) is 56.3 Å². The van der Waals surface area contributed by atoms with Gasteiger partial charge in [0.2, 0.25) is 5.91 Å². The molecule has 1 aromatic heterocycles. The van der Waals surface area contributed by atoms with Gasteiger partial charge in [-0.2, -0.15) is 0 Å². The van der Waals surface area contributed by atoms with E-state index in [1.807, 2.05) is 30.3 Å². The summed E-state index contributed by atoms with van der Waals surface area (Å²) in [6.45, 7) is 4.31. The van der Waals surface area contributed by atoms with Crippen LogP contribution in [0.5, 0.6) is 5.75 Å². The molecule has 0 saturated carbocycles. The summed E-state index contributed by atoms with van der Waals surface area (Å²) in [7, 11) is 0. The zero-order valence-corrected chi connectivity index (χ0v) is 17.1. The molecule has 1 unspecified atom stereocenters. The van der Waals surface area contributed by atoms with E-state index in [0.29, 0.717) is 25.6 Å². The summed E-state index contributed by atoms with van der Waals surface area (Å²) in [6.07, 6.45) is 6.95. The van der Waals surface area contributed by atoms with E-state index in [4.69, 9.17) is 4.74 Å². The van der Waals surface area contributed by atoms with Gasteiger partial charge in [0.05, 0.1) is 13.1 Å². The van der Waals surface area contributed by atoms with E-state index in [9.17, 15) is 4.79 Å². The summed E-state index contributed by atoms with van der Waals surface area (Å²) in [4.78, 5) is 14.6. The van der Waals surface area contributed by atoms with Crippen LogP contribution in [0.4, 0.5) is 0 Å². The maximum absolute atomic E-state index is 12.4. The van der Waals surface area contributed by atoms with Crippen molar-refractivity contribution in [2.45, 2.75) is 51.0 Å². The fourth-order valence-electron chi connectivity index (χ4n) is 4.35. The number of carbonyl (C=O) groups is 1. The lowest BCUT2D eigenvalue weighted by Gasteiger charge is -2.31. The number of rotatable bonds is 7. The van der Waals surface area contributed by atoms with Gasteiger partial charge in [-0.15, -0.1) is 10.2 Å². The van der Waals surface area contributed by atoms with E-state index >= 15 is 0 Å². The van der Waals surface area contributed by atoms with Crippen molar-refractivity contribution in [2.75, 3.05) is 32.8 Å². The second-order valence-electron chi connectivity index (χ2n) is 8.02. The number of ether oxygens (including phenoxy) is 1. The van der Waals surface area contributed by atoms with E-state index in [-0.39, 0.29) is 5.91 Å². The number of hydrogen-bond donors (Lipinski definition) is 1. The lowest BCUT2D eigenvalue weighted by Crippen LogP contribution is -2.43. The van der Waals surface area contributed by atoms with Gasteiger partial charge in [-0.3, -0.25) is 9.69 Å². The molecule has 7 nitrogen and oxygen atoms in total. The van der Waals surface area contributed by atoms with E-state index in [2.05, 4.69) is 25.0 Å². The zero-order valence-electron chi connectivity index (χ0n) is 17.1. The van der Waals surface area contributed by atoms with Crippen LogP contribution in [0.3, 0.4) is 0 Å². The number of aromatic nitrogens is 3. The summed E-state index contributed by atoms with van der Waals surface area (Å²) < 4.78 is 7.98. The molecule has 0 radical (unpaired) electrons. The van der Waals surface area contributed by atoms with Crippen molar-refractivity contribution in [3.63, 3.8) is 0 Å². The first-order chi connectivity index (χ1) is 14.3. The van der Waals surface area contributed by atoms with Crippen molar-refractivity contribution >= 4 is 5.91 Å². The Morgan fingerprint density at radius 1 is 1.10 bits per heavy atom. The highest BCUT2D eigenvalue weighted by atomic mass is 16.5. The highest BCUT2D eigenvalue weighted by Gasteiger charge is 2.28. The second-order valence-corrected chi connectivity index (χ2v) is 8.02. The van der Waals surface area contributed by atoms with Gasteiger partial charge >= 0.3 is 0 Å². The molecular weight excluding hydrogens is 366 g/mol. The number of hydrogen-bond acceptors (Lipinski definition) is 5. The van der Waals surface area contributed by atoms with Crippen LogP contribution in [0, 0.1) is 0 Å². The molecule has 4 rings (SSSR count). The minimum absolute atomic E-state index is 0.0578. The van der Waals surface area contributed by atoms with E-state index in [1.54, 1.807) is 0 Å². The lowest BCUT2D eigenvalue weighted by atomic mass is 9.97. The molecule has 29 heavy (non-hydrogen) atoms.